The molecule has 0 saturated heterocycles. The van der Waals surface area contributed by atoms with Crippen LogP contribution in [0.5, 0.6) is 0 Å². The monoisotopic (exact) mass is 358 g/mol. The van der Waals surface area contributed by atoms with Gasteiger partial charge < -0.3 is 10.2 Å². The Labute approximate surface area is 163 Å². The lowest BCUT2D eigenvalue weighted by Crippen LogP contribution is -2.44. The van der Waals surface area contributed by atoms with Crippen LogP contribution < -0.4 is 5.46 Å². The molecule has 0 bridgehead atoms. The summed E-state index contributed by atoms with van der Waals surface area (Å²) >= 11 is 0. The molecule has 138 valence electrons. The maximum absolute atomic E-state index is 9.10. The molecule has 2 N–H and O–H groups in total. The van der Waals surface area contributed by atoms with Gasteiger partial charge in [0.1, 0.15) is 7.85 Å². The predicted molar refractivity (Wildman–Crippen MR) is 115 cm³/mol. The lowest BCUT2D eigenvalue weighted by molar-refractivity contribution is -0.107. The van der Waals surface area contributed by atoms with Crippen LogP contribution >= 0.6 is 0 Å². The van der Waals surface area contributed by atoms with Crippen molar-refractivity contribution in [3.8, 4) is 22.3 Å². The number of benzene rings is 3. The fraction of sp³-hybridized carbons (Fsp3) is 0.250. The molecule has 3 aromatic carbocycles. The highest BCUT2D eigenvalue weighted by Gasteiger charge is 2.31. The van der Waals surface area contributed by atoms with Crippen LogP contribution in [0.3, 0.4) is 0 Å². The van der Waals surface area contributed by atoms with E-state index in [2.05, 4.69) is 42.5 Å². The third kappa shape index (κ3) is 5.56. The third-order valence-corrected chi connectivity index (χ3v) is 4.77. The van der Waals surface area contributed by atoms with Gasteiger partial charge in [0.25, 0.3) is 0 Å². The van der Waals surface area contributed by atoms with Crippen molar-refractivity contribution in [2.45, 2.75) is 38.9 Å². The molecule has 0 atom stereocenters. The van der Waals surface area contributed by atoms with Crippen molar-refractivity contribution in [1.29, 1.82) is 0 Å². The van der Waals surface area contributed by atoms with Crippen molar-refractivity contribution in [3.63, 3.8) is 0 Å². The van der Waals surface area contributed by atoms with Gasteiger partial charge >= 0.3 is 0 Å². The van der Waals surface area contributed by atoms with E-state index in [0.29, 0.717) is 0 Å². The molecule has 3 heteroatoms. The first-order valence-corrected chi connectivity index (χ1v) is 9.05. The van der Waals surface area contributed by atoms with Crippen LogP contribution in [-0.2, 0) is 0 Å². The molecule has 0 aliphatic heterocycles. The zero-order chi connectivity index (χ0) is 20.1. The number of rotatable bonds is 3. The lowest BCUT2D eigenvalue weighted by atomic mass is 9.81. The zero-order valence-corrected chi connectivity index (χ0v) is 16.5. The van der Waals surface area contributed by atoms with Crippen molar-refractivity contribution in [2.24, 2.45) is 0 Å². The van der Waals surface area contributed by atoms with Gasteiger partial charge in [0.15, 0.2) is 0 Å². The molecular formula is C24H27BO2. The summed E-state index contributed by atoms with van der Waals surface area (Å²) in [7, 11) is 6.35. The van der Waals surface area contributed by atoms with Crippen molar-refractivity contribution in [3.05, 3.63) is 78.9 Å². The summed E-state index contributed by atoms with van der Waals surface area (Å²) in [6, 6.07) is 26.7. The van der Waals surface area contributed by atoms with Gasteiger partial charge in [-0.2, -0.15) is 0 Å². The lowest BCUT2D eigenvalue weighted by Gasteiger charge is -2.31. The Kier molecular flexibility index (Phi) is 6.64. The molecule has 2 nitrogen and oxygen atoms in total. The summed E-state index contributed by atoms with van der Waals surface area (Å²) < 4.78 is 0. The highest BCUT2D eigenvalue weighted by atomic mass is 16.3. The molecule has 0 spiro atoms. The van der Waals surface area contributed by atoms with Crippen LogP contribution in [0.25, 0.3) is 22.3 Å². The van der Waals surface area contributed by atoms with Crippen LogP contribution in [-0.4, -0.2) is 29.3 Å². The van der Waals surface area contributed by atoms with E-state index in [0.717, 1.165) is 27.7 Å². The Morgan fingerprint density at radius 2 is 0.889 bits per heavy atom. The summed E-state index contributed by atoms with van der Waals surface area (Å²) in [5.74, 6) is 0. The molecule has 27 heavy (non-hydrogen) atoms. The van der Waals surface area contributed by atoms with E-state index in [4.69, 9.17) is 18.1 Å². The fourth-order valence-electron chi connectivity index (χ4n) is 2.30. The minimum Gasteiger partial charge on any atom is -0.387 e. The molecule has 0 saturated carbocycles. The molecule has 0 unspecified atom stereocenters. The molecule has 0 aromatic heterocycles. The van der Waals surface area contributed by atoms with Crippen LogP contribution in [0.2, 0.25) is 0 Å². The average Bonchev–Trinajstić information content (AvgIpc) is 2.62. The number of hydrogen-bond donors (Lipinski definition) is 2. The van der Waals surface area contributed by atoms with Crippen LogP contribution in [0, 0.1) is 0 Å². The van der Waals surface area contributed by atoms with Crippen molar-refractivity contribution in [2.75, 3.05) is 0 Å². The smallest absolute Gasteiger partial charge is 0.115 e. The molecule has 0 fully saturated rings. The van der Waals surface area contributed by atoms with Gasteiger partial charge in [-0.25, -0.2) is 0 Å². The summed E-state index contributed by atoms with van der Waals surface area (Å²) in [6.07, 6.45) is 0. The summed E-state index contributed by atoms with van der Waals surface area (Å²) in [6.45, 7) is 6.31. The molecule has 0 amide bonds. The predicted octanol–water partition coefficient (Wildman–Crippen LogP) is 4.34. The van der Waals surface area contributed by atoms with E-state index in [1.54, 1.807) is 27.7 Å². The van der Waals surface area contributed by atoms with Crippen LogP contribution in [0.15, 0.2) is 78.9 Å². The summed E-state index contributed by atoms with van der Waals surface area (Å²) in [5.41, 5.74) is 3.29. The second kappa shape index (κ2) is 8.56. The summed E-state index contributed by atoms with van der Waals surface area (Å²) in [4.78, 5) is 0. The third-order valence-electron chi connectivity index (χ3n) is 4.77. The zero-order valence-electron chi connectivity index (χ0n) is 16.5. The maximum atomic E-state index is 9.10. The van der Waals surface area contributed by atoms with E-state index >= 15 is 0 Å². The Hall–Kier alpha value is -2.36. The molecule has 0 aliphatic rings. The quantitative estimate of drug-likeness (QED) is 0.684. The largest absolute Gasteiger partial charge is 0.387 e. The standard InChI is InChI=1S/C18H13B.C6H14O2/c19-18-16(14-8-3-1-4-9-14)12-7-13-17(18)15-10-5-2-6-11-15;1-5(2,7)6(3,4)8/h1-13H;7-8H,1-4H3. The van der Waals surface area contributed by atoms with E-state index < -0.39 is 11.2 Å². The van der Waals surface area contributed by atoms with Gasteiger partial charge in [0, 0.05) is 0 Å². The maximum Gasteiger partial charge on any atom is 0.115 e. The van der Waals surface area contributed by atoms with Gasteiger partial charge in [-0.3, -0.25) is 0 Å². The Balaban J connectivity index is 0.000000279. The number of aliphatic hydroxyl groups is 2. The molecular weight excluding hydrogens is 331 g/mol. The Morgan fingerprint density at radius 3 is 1.19 bits per heavy atom. The van der Waals surface area contributed by atoms with Gasteiger partial charge in [-0.05, 0) is 49.9 Å². The molecule has 2 radical (unpaired) electrons. The summed E-state index contributed by atoms with van der Waals surface area (Å²) in [5, 5.41) is 18.2. The highest BCUT2D eigenvalue weighted by molar-refractivity contribution is 6.39. The second-order valence-corrected chi connectivity index (χ2v) is 7.62. The van der Waals surface area contributed by atoms with Crippen molar-refractivity contribution >= 4 is 13.3 Å². The first-order chi connectivity index (χ1) is 12.6. The van der Waals surface area contributed by atoms with Crippen molar-refractivity contribution < 1.29 is 10.2 Å². The van der Waals surface area contributed by atoms with Crippen molar-refractivity contribution in [1.82, 2.24) is 0 Å². The molecule has 3 aromatic rings. The molecule has 3 rings (SSSR count). The molecule has 0 aliphatic carbocycles. The topological polar surface area (TPSA) is 40.5 Å². The Bertz CT molecular complexity index is 775. The average molecular weight is 358 g/mol. The van der Waals surface area contributed by atoms with E-state index in [-0.39, 0.29) is 0 Å². The first kappa shape index (κ1) is 21.0. The van der Waals surface area contributed by atoms with E-state index in [9.17, 15) is 0 Å². The second-order valence-electron chi connectivity index (χ2n) is 7.62. The highest BCUT2D eigenvalue weighted by Crippen LogP contribution is 2.23. The van der Waals surface area contributed by atoms with Gasteiger partial charge in [-0.15, -0.1) is 0 Å². The van der Waals surface area contributed by atoms with Gasteiger partial charge in [0.05, 0.1) is 11.2 Å². The molecule has 0 heterocycles. The fourth-order valence-corrected chi connectivity index (χ4v) is 2.30. The van der Waals surface area contributed by atoms with E-state index in [1.807, 2.05) is 36.4 Å². The number of hydrogen-bond acceptors (Lipinski definition) is 2. The van der Waals surface area contributed by atoms with Gasteiger partial charge in [-0.1, -0.05) is 84.3 Å². The van der Waals surface area contributed by atoms with Crippen LogP contribution in [0.4, 0.5) is 0 Å². The van der Waals surface area contributed by atoms with E-state index in [1.165, 1.54) is 0 Å². The van der Waals surface area contributed by atoms with Crippen LogP contribution in [0.1, 0.15) is 27.7 Å². The minimum absolute atomic E-state index is 0.833. The normalized spacial score (nSPS) is 11.5. The minimum atomic E-state index is -1.01. The first-order valence-electron chi connectivity index (χ1n) is 9.05. The Morgan fingerprint density at radius 1 is 0.556 bits per heavy atom. The SMILES string of the molecule is CC(C)(O)C(C)(C)O.[B]c1c(-c2ccccc2)cccc1-c1ccccc1. The van der Waals surface area contributed by atoms with Gasteiger partial charge in [0.2, 0.25) is 0 Å².